The van der Waals surface area contributed by atoms with E-state index in [4.69, 9.17) is 0 Å². The van der Waals surface area contributed by atoms with E-state index in [0.29, 0.717) is 7.11 Å². The van der Waals surface area contributed by atoms with Gasteiger partial charge in [0.25, 0.3) is 6.43 Å². The Morgan fingerprint density at radius 3 is 1.79 bits per heavy atom. The first-order valence-corrected chi connectivity index (χ1v) is 3.33. The minimum atomic E-state index is -5.45. The zero-order valence-electron chi connectivity index (χ0n) is 6.92. The largest absolute Gasteiger partial charge is 0.378 e. The maximum Gasteiger partial charge on any atom is 0.348 e. The maximum atomic E-state index is 12.4. The van der Waals surface area contributed by atoms with Gasteiger partial charge in [0.05, 0.1) is 0 Å². The minimum absolute atomic E-state index is 0.666. The lowest BCUT2D eigenvalue weighted by Crippen LogP contribution is -2.52. The molecule has 0 aliphatic carbocycles. The summed E-state index contributed by atoms with van der Waals surface area (Å²) in [7, 11) is 0.666. The smallest absolute Gasteiger partial charge is 0.348 e. The second kappa shape index (κ2) is 4.33. The van der Waals surface area contributed by atoms with Crippen LogP contribution in [-0.4, -0.2) is 38.2 Å². The molecule has 0 aromatic carbocycles. The van der Waals surface area contributed by atoms with Gasteiger partial charge in [0.1, 0.15) is 6.61 Å². The summed E-state index contributed by atoms with van der Waals surface area (Å²) in [6, 6.07) is 0. The lowest BCUT2D eigenvalue weighted by molar-refractivity contribution is -0.270. The van der Waals surface area contributed by atoms with E-state index in [2.05, 4.69) is 4.74 Å². The van der Waals surface area contributed by atoms with E-state index in [1.165, 1.54) is 0 Å². The summed E-state index contributed by atoms with van der Waals surface area (Å²) in [4.78, 5) is 0. The van der Waals surface area contributed by atoms with Gasteiger partial charge in [-0.3, -0.25) is 0 Å². The fraction of sp³-hybridized carbons (Fsp3) is 1.00. The van der Waals surface area contributed by atoms with Crippen LogP contribution in [0.25, 0.3) is 0 Å². The van der Waals surface area contributed by atoms with Gasteiger partial charge < -0.3 is 4.74 Å². The van der Waals surface area contributed by atoms with Crippen LogP contribution < -0.4 is 0 Å². The highest BCUT2D eigenvalue weighted by Gasteiger charge is 2.64. The molecule has 0 spiro atoms. The number of methoxy groups -OCH3 is 1. The first kappa shape index (κ1) is 13.5. The van der Waals surface area contributed by atoms with E-state index in [1.54, 1.807) is 0 Å². The Labute approximate surface area is 74.8 Å². The highest BCUT2D eigenvalue weighted by Crippen LogP contribution is 2.40. The normalized spacial score (nSPS) is 16.1. The second-order valence-corrected chi connectivity index (χ2v) is 2.50. The second-order valence-electron chi connectivity index (χ2n) is 2.50. The molecule has 0 amide bonds. The van der Waals surface area contributed by atoms with Crippen molar-refractivity contribution in [2.75, 3.05) is 13.7 Å². The predicted molar refractivity (Wildman–Crippen MR) is 32.7 cm³/mol. The van der Waals surface area contributed by atoms with Crippen LogP contribution in [0.3, 0.4) is 0 Å². The summed E-state index contributed by atoms with van der Waals surface area (Å²) in [6.07, 6.45) is -8.39. The summed E-state index contributed by atoms with van der Waals surface area (Å²) in [5.41, 5.74) is 0. The minimum Gasteiger partial charge on any atom is -0.378 e. The van der Waals surface area contributed by atoms with Gasteiger partial charge in [0, 0.05) is 7.11 Å². The Hall–Kier alpha value is -0.530. The van der Waals surface area contributed by atoms with E-state index in [9.17, 15) is 30.7 Å². The molecule has 1 atom stereocenters. The molecule has 0 aliphatic rings. The van der Waals surface area contributed by atoms with Crippen molar-refractivity contribution in [3.8, 4) is 0 Å². The van der Waals surface area contributed by atoms with Crippen molar-refractivity contribution < 1.29 is 35.5 Å². The third-order valence-corrected chi connectivity index (χ3v) is 1.38. The van der Waals surface area contributed by atoms with Crippen LogP contribution >= 0.6 is 0 Å². The molecule has 8 heteroatoms. The summed E-state index contributed by atoms with van der Waals surface area (Å²) in [5, 5.41) is 0. The molecule has 0 saturated heterocycles. The standard InChI is InChI=1S/C6H7F7O/c1-14-2-5(10,11)6(12,13)3(7)4(8)9/h3-4H,2H2,1H3. The lowest BCUT2D eigenvalue weighted by atomic mass is 10.1. The van der Waals surface area contributed by atoms with Crippen LogP contribution in [0.4, 0.5) is 30.7 Å². The lowest BCUT2D eigenvalue weighted by Gasteiger charge is -2.27. The van der Waals surface area contributed by atoms with Crippen molar-refractivity contribution in [3.05, 3.63) is 0 Å². The molecule has 1 nitrogen and oxygen atoms in total. The van der Waals surface area contributed by atoms with Gasteiger partial charge in [-0.25, -0.2) is 13.2 Å². The average molecular weight is 228 g/mol. The van der Waals surface area contributed by atoms with Crippen molar-refractivity contribution in [2.24, 2.45) is 0 Å². The molecule has 0 fully saturated rings. The van der Waals surface area contributed by atoms with Gasteiger partial charge in [-0.1, -0.05) is 0 Å². The fourth-order valence-corrected chi connectivity index (χ4v) is 0.637. The molecule has 0 rings (SSSR count). The van der Waals surface area contributed by atoms with Crippen LogP contribution in [0.1, 0.15) is 0 Å². The predicted octanol–water partition coefficient (Wildman–Crippen LogP) is 2.51. The van der Waals surface area contributed by atoms with Gasteiger partial charge >= 0.3 is 11.8 Å². The third kappa shape index (κ3) is 2.49. The van der Waals surface area contributed by atoms with E-state index < -0.39 is 31.0 Å². The van der Waals surface area contributed by atoms with Gasteiger partial charge in [-0.2, -0.15) is 17.6 Å². The van der Waals surface area contributed by atoms with Gasteiger partial charge in [-0.05, 0) is 0 Å². The monoisotopic (exact) mass is 228 g/mol. The van der Waals surface area contributed by atoms with E-state index in [0.717, 1.165) is 0 Å². The molecule has 0 N–H and O–H groups in total. The zero-order valence-corrected chi connectivity index (χ0v) is 6.92. The first-order chi connectivity index (χ1) is 6.16. The summed E-state index contributed by atoms with van der Waals surface area (Å²) in [6.45, 7) is -1.83. The number of alkyl halides is 7. The Kier molecular flexibility index (Phi) is 4.16. The van der Waals surface area contributed by atoms with Gasteiger partial charge in [0.2, 0.25) is 6.17 Å². The molecule has 1 unspecified atom stereocenters. The molecule has 0 heterocycles. The number of hydrogen-bond donors (Lipinski definition) is 0. The van der Waals surface area contributed by atoms with Crippen LogP contribution in [0.5, 0.6) is 0 Å². The zero-order chi connectivity index (χ0) is 11.6. The number of ether oxygens (including phenoxy) is 1. The average Bonchev–Trinajstić information content (AvgIpc) is 2.02. The summed E-state index contributed by atoms with van der Waals surface area (Å²) in [5.74, 6) is -10.4. The maximum absolute atomic E-state index is 12.4. The molecule has 0 saturated carbocycles. The SMILES string of the molecule is COCC(F)(F)C(F)(F)C(F)C(F)F. The Bertz CT molecular complexity index is 181. The van der Waals surface area contributed by atoms with Crippen molar-refractivity contribution in [1.29, 1.82) is 0 Å². The Balaban J connectivity index is 4.74. The van der Waals surface area contributed by atoms with Crippen molar-refractivity contribution >= 4 is 0 Å². The van der Waals surface area contributed by atoms with Gasteiger partial charge in [-0.15, -0.1) is 0 Å². The summed E-state index contributed by atoms with van der Waals surface area (Å²) >= 11 is 0. The number of hydrogen-bond acceptors (Lipinski definition) is 1. The highest BCUT2D eigenvalue weighted by molar-refractivity contribution is 4.92. The molecule has 0 aromatic heterocycles. The Morgan fingerprint density at radius 1 is 1.07 bits per heavy atom. The third-order valence-electron chi connectivity index (χ3n) is 1.38. The van der Waals surface area contributed by atoms with Crippen LogP contribution in [0, 0.1) is 0 Å². The highest BCUT2D eigenvalue weighted by atomic mass is 19.3. The molecule has 0 aliphatic heterocycles. The van der Waals surface area contributed by atoms with Crippen LogP contribution in [0.2, 0.25) is 0 Å². The van der Waals surface area contributed by atoms with E-state index in [1.807, 2.05) is 0 Å². The van der Waals surface area contributed by atoms with E-state index >= 15 is 0 Å². The molecular weight excluding hydrogens is 221 g/mol. The molecule has 0 aromatic rings. The van der Waals surface area contributed by atoms with Crippen LogP contribution in [0.15, 0.2) is 0 Å². The molecule has 0 bridgehead atoms. The first-order valence-electron chi connectivity index (χ1n) is 3.33. The number of halogens is 7. The van der Waals surface area contributed by atoms with Crippen molar-refractivity contribution in [3.63, 3.8) is 0 Å². The van der Waals surface area contributed by atoms with Crippen LogP contribution in [-0.2, 0) is 4.74 Å². The van der Waals surface area contributed by atoms with Crippen molar-refractivity contribution in [2.45, 2.75) is 24.4 Å². The Morgan fingerprint density at radius 2 is 1.50 bits per heavy atom. The topological polar surface area (TPSA) is 9.23 Å². The van der Waals surface area contributed by atoms with E-state index in [-0.39, 0.29) is 0 Å². The number of rotatable bonds is 5. The fourth-order valence-electron chi connectivity index (χ4n) is 0.637. The van der Waals surface area contributed by atoms with Crippen molar-refractivity contribution in [1.82, 2.24) is 0 Å². The molecule has 0 radical (unpaired) electrons. The van der Waals surface area contributed by atoms with Gasteiger partial charge in [0.15, 0.2) is 0 Å². The summed E-state index contributed by atoms with van der Waals surface area (Å²) < 4.78 is 88.1. The molecule has 14 heavy (non-hydrogen) atoms. The molecular formula is C6H7F7O. The quantitative estimate of drug-likeness (QED) is 0.657. The molecule has 86 valence electrons.